The zero-order chi connectivity index (χ0) is 24.8. The van der Waals surface area contributed by atoms with Gasteiger partial charge in [0.1, 0.15) is 0 Å². The number of carbonyl (C=O) groups is 2. The van der Waals surface area contributed by atoms with E-state index in [0.717, 1.165) is 25.7 Å². The number of ether oxygens (including phenoxy) is 3. The average molecular weight is 573 g/mol. The summed E-state index contributed by atoms with van der Waals surface area (Å²) >= 11 is 6.23. The molecule has 1 heterocycles. The minimum atomic E-state index is -0.477. The first-order valence-electron chi connectivity index (χ1n) is 10.4. The van der Waals surface area contributed by atoms with E-state index < -0.39 is 11.9 Å². The summed E-state index contributed by atoms with van der Waals surface area (Å²) in [5.74, 6) is 0.362. The Labute approximate surface area is 218 Å². The van der Waals surface area contributed by atoms with Crippen molar-refractivity contribution in [1.82, 2.24) is 4.98 Å². The van der Waals surface area contributed by atoms with Crippen LogP contribution in [0.5, 0.6) is 11.5 Å². The molecule has 0 unspecified atom stereocenters. The lowest BCUT2D eigenvalue weighted by molar-refractivity contribution is -0.144. The Hall–Kier alpha value is -3.08. The quantitative estimate of drug-likeness (QED) is 0.194. The number of carbonyl (C=O) groups excluding carboxylic acids is 2. The van der Waals surface area contributed by atoms with Gasteiger partial charge in [0.15, 0.2) is 23.2 Å². The monoisotopic (exact) mass is 572 g/mol. The Kier molecular flexibility index (Phi) is 8.27. The Morgan fingerprint density at radius 3 is 2.66 bits per heavy atom. The van der Waals surface area contributed by atoms with Gasteiger partial charge in [-0.2, -0.15) is 0 Å². The molecule has 1 amide bonds. The van der Waals surface area contributed by atoms with Crippen LogP contribution in [0, 0.1) is 0 Å². The Morgan fingerprint density at radius 1 is 1.06 bits per heavy atom. The van der Waals surface area contributed by atoms with Crippen molar-refractivity contribution in [2.75, 3.05) is 31.9 Å². The third-order valence-electron chi connectivity index (χ3n) is 4.97. The van der Waals surface area contributed by atoms with Gasteiger partial charge in [0, 0.05) is 20.3 Å². The normalized spacial score (nSPS) is 10.7. The summed E-state index contributed by atoms with van der Waals surface area (Å²) in [4.78, 5) is 29.8. The van der Waals surface area contributed by atoms with Gasteiger partial charge in [-0.25, -0.2) is 4.98 Å². The molecule has 0 bridgehead atoms. The third kappa shape index (κ3) is 6.14. The standard InChI is InChI=1S/C25H21BrN2O5S2/c1-31-19-9-7-16(11-20(19)32-2)18-13-35-25(27-18)28-22(29)12-33-23(30)14-34-21-10-8-15-5-3-4-6-17(15)24(21)26/h3-11,13H,12,14H2,1-2H3,(H,27,28,29). The van der Waals surface area contributed by atoms with Gasteiger partial charge in [-0.15, -0.1) is 23.1 Å². The van der Waals surface area contributed by atoms with Crippen molar-refractivity contribution in [3.8, 4) is 22.8 Å². The predicted octanol–water partition coefficient (Wildman–Crippen LogP) is 6.02. The van der Waals surface area contributed by atoms with E-state index in [2.05, 4.69) is 26.2 Å². The van der Waals surface area contributed by atoms with Crippen LogP contribution in [0.15, 0.2) is 69.3 Å². The van der Waals surface area contributed by atoms with Crippen molar-refractivity contribution in [1.29, 1.82) is 0 Å². The van der Waals surface area contributed by atoms with Crippen molar-refractivity contribution >= 4 is 66.8 Å². The van der Waals surface area contributed by atoms with E-state index in [-0.39, 0.29) is 12.4 Å². The summed E-state index contributed by atoms with van der Waals surface area (Å²) in [7, 11) is 3.14. The van der Waals surface area contributed by atoms with E-state index in [0.29, 0.717) is 22.3 Å². The first-order chi connectivity index (χ1) is 17.0. The molecule has 4 aromatic rings. The van der Waals surface area contributed by atoms with E-state index >= 15 is 0 Å². The van der Waals surface area contributed by atoms with Crippen LogP contribution in [0.4, 0.5) is 5.13 Å². The van der Waals surface area contributed by atoms with E-state index in [4.69, 9.17) is 14.2 Å². The molecular weight excluding hydrogens is 552 g/mol. The molecule has 0 aliphatic rings. The summed E-state index contributed by atoms with van der Waals surface area (Å²) in [5, 5.41) is 7.07. The number of hydrogen-bond donors (Lipinski definition) is 1. The summed E-state index contributed by atoms with van der Waals surface area (Å²) in [6.07, 6.45) is 0. The number of methoxy groups -OCH3 is 2. The highest BCUT2D eigenvalue weighted by Gasteiger charge is 2.14. The van der Waals surface area contributed by atoms with Crippen LogP contribution in [-0.4, -0.2) is 43.4 Å². The zero-order valence-electron chi connectivity index (χ0n) is 18.9. The zero-order valence-corrected chi connectivity index (χ0v) is 22.1. The summed E-state index contributed by atoms with van der Waals surface area (Å²) in [6, 6.07) is 17.4. The number of aromatic nitrogens is 1. The minimum absolute atomic E-state index is 0.0882. The van der Waals surface area contributed by atoms with Gasteiger partial charge in [-0.05, 0) is 51.0 Å². The number of thiazole rings is 1. The summed E-state index contributed by atoms with van der Waals surface area (Å²) in [6.45, 7) is -0.385. The number of hydrogen-bond acceptors (Lipinski definition) is 8. The second-order valence-electron chi connectivity index (χ2n) is 7.20. The largest absolute Gasteiger partial charge is 0.493 e. The number of benzene rings is 3. The van der Waals surface area contributed by atoms with E-state index in [1.807, 2.05) is 53.9 Å². The van der Waals surface area contributed by atoms with E-state index in [9.17, 15) is 9.59 Å². The average Bonchev–Trinajstić information content (AvgIpc) is 3.35. The molecule has 0 saturated heterocycles. The molecule has 3 aromatic carbocycles. The molecule has 0 aliphatic carbocycles. The van der Waals surface area contributed by atoms with Crippen LogP contribution in [0.2, 0.25) is 0 Å². The maximum atomic E-state index is 12.2. The second-order valence-corrected chi connectivity index (χ2v) is 9.87. The number of esters is 1. The first kappa shape index (κ1) is 25.0. The Bertz CT molecular complexity index is 1380. The number of halogens is 1. The van der Waals surface area contributed by atoms with Gasteiger partial charge in [0.2, 0.25) is 0 Å². The number of amides is 1. The van der Waals surface area contributed by atoms with Gasteiger partial charge in [-0.1, -0.05) is 30.3 Å². The number of thioether (sulfide) groups is 1. The lowest BCUT2D eigenvalue weighted by Crippen LogP contribution is -2.21. The number of fused-ring (bicyclic) bond motifs is 1. The van der Waals surface area contributed by atoms with Gasteiger partial charge in [0.05, 0.1) is 25.7 Å². The first-order valence-corrected chi connectivity index (χ1v) is 13.1. The van der Waals surface area contributed by atoms with Gasteiger partial charge in [-0.3, -0.25) is 14.9 Å². The molecular formula is C25H21BrN2O5S2. The molecule has 0 atom stereocenters. The summed E-state index contributed by atoms with van der Waals surface area (Å²) < 4.78 is 16.6. The molecule has 35 heavy (non-hydrogen) atoms. The molecule has 0 aliphatic heterocycles. The van der Waals surface area contributed by atoms with Crippen molar-refractivity contribution in [2.24, 2.45) is 0 Å². The molecule has 4 rings (SSSR count). The fourth-order valence-electron chi connectivity index (χ4n) is 3.26. The van der Waals surface area contributed by atoms with Gasteiger partial charge in [0.25, 0.3) is 5.91 Å². The number of nitrogens with zero attached hydrogens (tertiary/aromatic N) is 1. The van der Waals surface area contributed by atoms with Crippen LogP contribution in [-0.2, 0) is 14.3 Å². The molecule has 0 fully saturated rings. The molecule has 1 N–H and O–H groups in total. The second kappa shape index (κ2) is 11.6. The lowest BCUT2D eigenvalue weighted by atomic mass is 10.1. The van der Waals surface area contributed by atoms with Crippen molar-refractivity contribution in [3.05, 3.63) is 64.5 Å². The highest BCUT2D eigenvalue weighted by molar-refractivity contribution is 9.10. The predicted molar refractivity (Wildman–Crippen MR) is 143 cm³/mol. The minimum Gasteiger partial charge on any atom is -0.493 e. The van der Waals surface area contributed by atoms with Crippen molar-refractivity contribution in [3.63, 3.8) is 0 Å². The maximum Gasteiger partial charge on any atom is 0.316 e. The topological polar surface area (TPSA) is 86.8 Å². The fraction of sp³-hybridized carbons (Fsp3) is 0.160. The Balaban J connectivity index is 1.28. The van der Waals surface area contributed by atoms with Crippen LogP contribution >= 0.6 is 39.0 Å². The molecule has 180 valence electrons. The third-order valence-corrected chi connectivity index (χ3v) is 7.87. The van der Waals surface area contributed by atoms with Crippen molar-refractivity contribution in [2.45, 2.75) is 4.90 Å². The fourth-order valence-corrected chi connectivity index (χ4v) is 5.59. The van der Waals surface area contributed by atoms with Crippen molar-refractivity contribution < 1.29 is 23.8 Å². The van der Waals surface area contributed by atoms with Crippen LogP contribution in [0.3, 0.4) is 0 Å². The maximum absolute atomic E-state index is 12.2. The molecule has 0 saturated carbocycles. The molecule has 7 nitrogen and oxygen atoms in total. The summed E-state index contributed by atoms with van der Waals surface area (Å²) in [5.41, 5.74) is 1.50. The van der Waals surface area contributed by atoms with Gasteiger partial charge >= 0.3 is 5.97 Å². The number of nitrogens with one attached hydrogen (secondary N) is 1. The van der Waals surface area contributed by atoms with Crippen LogP contribution in [0.25, 0.3) is 22.0 Å². The Morgan fingerprint density at radius 2 is 1.86 bits per heavy atom. The highest BCUT2D eigenvalue weighted by atomic mass is 79.9. The van der Waals surface area contributed by atoms with Crippen LogP contribution < -0.4 is 14.8 Å². The number of anilines is 1. The number of rotatable bonds is 9. The smallest absolute Gasteiger partial charge is 0.316 e. The lowest BCUT2D eigenvalue weighted by Gasteiger charge is -2.08. The van der Waals surface area contributed by atoms with Gasteiger partial charge < -0.3 is 14.2 Å². The van der Waals surface area contributed by atoms with E-state index in [1.54, 1.807) is 20.3 Å². The highest BCUT2D eigenvalue weighted by Crippen LogP contribution is 2.35. The molecule has 1 aromatic heterocycles. The molecule has 0 spiro atoms. The molecule has 10 heteroatoms. The van der Waals surface area contributed by atoms with Crippen LogP contribution in [0.1, 0.15) is 0 Å². The SMILES string of the molecule is COc1ccc(-c2csc(NC(=O)COC(=O)CSc3ccc4ccccc4c3Br)n2)cc1OC. The van der Waals surface area contributed by atoms with E-state index in [1.165, 1.54) is 23.1 Å². The molecule has 0 radical (unpaired) electrons.